The molecule has 3 aromatic heterocycles. The lowest BCUT2D eigenvalue weighted by molar-refractivity contribution is 0.416. The van der Waals surface area contributed by atoms with Gasteiger partial charge >= 0.3 is 0 Å². The number of fused-ring (bicyclic) bond motifs is 2. The summed E-state index contributed by atoms with van der Waals surface area (Å²) in [5.41, 5.74) is 3.73. The van der Waals surface area contributed by atoms with Crippen molar-refractivity contribution >= 4 is 28.1 Å². The zero-order chi connectivity index (χ0) is 22.6. The molecule has 0 amide bonds. The largest absolute Gasteiger partial charge is 0.493 e. The average molecular weight is 438 g/mol. The van der Waals surface area contributed by atoms with Crippen molar-refractivity contribution < 1.29 is 4.74 Å². The van der Waals surface area contributed by atoms with Crippen LogP contribution in [-0.4, -0.2) is 21.5 Å². The molecule has 0 saturated carbocycles. The molecule has 5 aromatic rings. The first-order valence-corrected chi connectivity index (χ1v) is 10.7. The minimum Gasteiger partial charge on any atom is -0.493 e. The van der Waals surface area contributed by atoms with Crippen LogP contribution in [0.4, 0.5) is 11.5 Å². The lowest BCUT2D eigenvalue weighted by Crippen LogP contribution is -2.26. The van der Waals surface area contributed by atoms with E-state index >= 15 is 0 Å². The molecule has 33 heavy (non-hydrogen) atoms. The summed E-state index contributed by atoms with van der Waals surface area (Å²) in [7, 11) is 1.57. The number of hydrogen-bond donors (Lipinski definition) is 2. The molecule has 5 rings (SSSR count). The van der Waals surface area contributed by atoms with E-state index in [0.717, 1.165) is 22.2 Å². The minimum atomic E-state index is -0.149. The van der Waals surface area contributed by atoms with E-state index in [2.05, 4.69) is 15.6 Å². The lowest BCUT2D eigenvalue weighted by atomic mass is 10.2. The molecular weight excluding hydrogens is 414 g/mol. The molecular formula is C26H23N5O2. The Bertz CT molecular complexity index is 1480. The third-order valence-electron chi connectivity index (χ3n) is 5.47. The van der Waals surface area contributed by atoms with Gasteiger partial charge in [-0.15, -0.1) is 0 Å². The van der Waals surface area contributed by atoms with Crippen LogP contribution in [0.3, 0.4) is 0 Å². The fraction of sp³-hybridized carbons (Fsp3) is 0.115. The maximum absolute atomic E-state index is 13.4. The second-order valence-electron chi connectivity index (χ2n) is 7.64. The zero-order valence-electron chi connectivity index (χ0n) is 18.2. The van der Waals surface area contributed by atoms with Gasteiger partial charge in [-0.2, -0.15) is 0 Å². The predicted molar refractivity (Wildman–Crippen MR) is 130 cm³/mol. The van der Waals surface area contributed by atoms with Crippen LogP contribution >= 0.6 is 0 Å². The molecule has 0 unspecified atom stereocenters. The fourth-order valence-corrected chi connectivity index (χ4v) is 3.81. The lowest BCUT2D eigenvalue weighted by Gasteiger charge is -2.15. The van der Waals surface area contributed by atoms with E-state index in [1.165, 1.54) is 4.40 Å². The van der Waals surface area contributed by atoms with Crippen molar-refractivity contribution in [1.82, 2.24) is 19.7 Å². The molecule has 2 N–H and O–H groups in total. The summed E-state index contributed by atoms with van der Waals surface area (Å²) >= 11 is 0. The Balaban J connectivity index is 1.54. The van der Waals surface area contributed by atoms with E-state index in [4.69, 9.17) is 9.72 Å². The molecule has 0 bridgehead atoms. The van der Waals surface area contributed by atoms with E-state index in [1.807, 2.05) is 60.7 Å². The van der Waals surface area contributed by atoms with Crippen molar-refractivity contribution in [2.75, 3.05) is 12.4 Å². The maximum atomic E-state index is 13.4. The SMILES string of the molecule is COc1cccn2c(=O)c(CNCc3ccccc3)c(Nc3ccc4ncccc4c3)nc12. The van der Waals surface area contributed by atoms with Crippen LogP contribution in [0.2, 0.25) is 0 Å². The molecule has 0 aliphatic rings. The van der Waals surface area contributed by atoms with Gasteiger partial charge in [0.25, 0.3) is 5.56 Å². The smallest absolute Gasteiger partial charge is 0.264 e. The second-order valence-corrected chi connectivity index (χ2v) is 7.64. The van der Waals surface area contributed by atoms with E-state index in [-0.39, 0.29) is 5.56 Å². The van der Waals surface area contributed by atoms with Gasteiger partial charge in [-0.05, 0) is 42.0 Å². The minimum absolute atomic E-state index is 0.149. The summed E-state index contributed by atoms with van der Waals surface area (Å²) in [5, 5.41) is 7.72. The van der Waals surface area contributed by atoms with Crippen molar-refractivity contribution in [2.45, 2.75) is 13.1 Å². The number of aromatic nitrogens is 3. The first-order valence-electron chi connectivity index (χ1n) is 10.7. The van der Waals surface area contributed by atoms with Gasteiger partial charge in [0.1, 0.15) is 5.82 Å². The molecule has 2 aromatic carbocycles. The zero-order valence-corrected chi connectivity index (χ0v) is 18.2. The number of nitrogens with zero attached hydrogens (tertiary/aromatic N) is 3. The Labute approximate surface area is 190 Å². The summed E-state index contributed by atoms with van der Waals surface area (Å²) < 4.78 is 6.97. The van der Waals surface area contributed by atoms with Crippen molar-refractivity contribution in [3.8, 4) is 5.75 Å². The Kier molecular flexibility index (Phi) is 5.70. The molecule has 0 aliphatic heterocycles. The number of hydrogen-bond acceptors (Lipinski definition) is 6. The summed E-state index contributed by atoms with van der Waals surface area (Å²) in [6, 6.07) is 23.4. The third-order valence-corrected chi connectivity index (χ3v) is 5.47. The van der Waals surface area contributed by atoms with E-state index < -0.39 is 0 Å². The Morgan fingerprint density at radius 1 is 0.970 bits per heavy atom. The third kappa shape index (κ3) is 4.26. The Morgan fingerprint density at radius 3 is 2.70 bits per heavy atom. The van der Waals surface area contributed by atoms with Crippen LogP contribution < -0.4 is 20.9 Å². The number of nitrogens with one attached hydrogen (secondary N) is 2. The highest BCUT2D eigenvalue weighted by Gasteiger charge is 2.15. The molecule has 7 heteroatoms. The van der Waals surface area contributed by atoms with Crippen molar-refractivity contribution in [1.29, 1.82) is 0 Å². The van der Waals surface area contributed by atoms with Crippen LogP contribution in [0.1, 0.15) is 11.1 Å². The van der Waals surface area contributed by atoms with Crippen molar-refractivity contribution in [3.63, 3.8) is 0 Å². The molecule has 7 nitrogen and oxygen atoms in total. The van der Waals surface area contributed by atoms with Crippen LogP contribution in [-0.2, 0) is 13.1 Å². The van der Waals surface area contributed by atoms with Gasteiger partial charge in [0.15, 0.2) is 11.4 Å². The standard InChI is InChI=1S/C26H23N5O2/c1-33-23-10-6-14-31-25(23)30-24(29-20-11-12-22-19(15-20)9-5-13-28-22)21(26(31)32)17-27-16-18-7-3-2-4-8-18/h2-15,27,29H,16-17H2,1H3. The van der Waals surface area contributed by atoms with Gasteiger partial charge in [-0.3, -0.25) is 14.2 Å². The average Bonchev–Trinajstić information content (AvgIpc) is 2.86. The number of pyridine rings is 2. The maximum Gasteiger partial charge on any atom is 0.264 e. The number of ether oxygens (including phenoxy) is 1. The van der Waals surface area contributed by atoms with Crippen LogP contribution in [0, 0.1) is 0 Å². The normalized spacial score (nSPS) is 11.1. The topological polar surface area (TPSA) is 80.5 Å². The highest BCUT2D eigenvalue weighted by Crippen LogP contribution is 2.24. The van der Waals surface area contributed by atoms with Gasteiger partial charge in [0, 0.05) is 36.6 Å². The predicted octanol–water partition coefficient (Wildman–Crippen LogP) is 4.28. The van der Waals surface area contributed by atoms with Crippen LogP contribution in [0.5, 0.6) is 5.75 Å². The van der Waals surface area contributed by atoms with Gasteiger partial charge in [0.2, 0.25) is 0 Å². The molecule has 0 atom stereocenters. The molecule has 0 radical (unpaired) electrons. The summed E-state index contributed by atoms with van der Waals surface area (Å²) in [4.78, 5) is 22.6. The monoisotopic (exact) mass is 437 g/mol. The van der Waals surface area contributed by atoms with E-state index in [1.54, 1.807) is 31.6 Å². The van der Waals surface area contributed by atoms with Crippen molar-refractivity contribution in [2.24, 2.45) is 0 Å². The molecule has 3 heterocycles. The van der Waals surface area contributed by atoms with Crippen molar-refractivity contribution in [3.05, 3.63) is 107 Å². The van der Waals surface area contributed by atoms with Crippen LogP contribution in [0.25, 0.3) is 16.6 Å². The number of anilines is 2. The van der Waals surface area contributed by atoms with Gasteiger partial charge < -0.3 is 15.4 Å². The second kappa shape index (κ2) is 9.10. The summed E-state index contributed by atoms with van der Waals surface area (Å²) in [6.07, 6.45) is 3.48. The fourth-order valence-electron chi connectivity index (χ4n) is 3.81. The highest BCUT2D eigenvalue weighted by atomic mass is 16.5. The van der Waals surface area contributed by atoms with Gasteiger partial charge in [-0.25, -0.2) is 4.98 Å². The van der Waals surface area contributed by atoms with E-state index in [0.29, 0.717) is 35.9 Å². The summed E-state index contributed by atoms with van der Waals surface area (Å²) in [5.74, 6) is 1.03. The Hall–Kier alpha value is -4.23. The number of rotatable bonds is 7. The summed E-state index contributed by atoms with van der Waals surface area (Å²) in [6.45, 7) is 1.00. The number of methoxy groups -OCH3 is 1. The van der Waals surface area contributed by atoms with Gasteiger partial charge in [0.05, 0.1) is 18.2 Å². The highest BCUT2D eigenvalue weighted by molar-refractivity contribution is 5.83. The van der Waals surface area contributed by atoms with E-state index in [9.17, 15) is 4.79 Å². The first kappa shape index (κ1) is 20.7. The Morgan fingerprint density at radius 2 is 1.85 bits per heavy atom. The van der Waals surface area contributed by atoms with Gasteiger partial charge in [-0.1, -0.05) is 36.4 Å². The molecule has 0 spiro atoms. The van der Waals surface area contributed by atoms with Crippen LogP contribution in [0.15, 0.2) is 90.0 Å². The first-order chi connectivity index (χ1) is 16.2. The molecule has 0 fully saturated rings. The number of benzene rings is 2. The molecule has 164 valence electrons. The molecule has 0 aliphatic carbocycles. The quantitative estimate of drug-likeness (QED) is 0.396. The molecule has 0 saturated heterocycles.